The van der Waals surface area contributed by atoms with Gasteiger partial charge in [-0.1, -0.05) is 25.6 Å². The zero-order chi connectivity index (χ0) is 24.4. The number of rotatable bonds is 9. The van der Waals surface area contributed by atoms with Gasteiger partial charge in [0.25, 0.3) is 5.56 Å². The molecule has 11 nitrogen and oxygen atoms in total. The van der Waals surface area contributed by atoms with Gasteiger partial charge in [-0.25, -0.2) is 4.79 Å². The second-order valence-electron chi connectivity index (χ2n) is 8.77. The smallest absolute Gasteiger partial charge is 0.332 e. The van der Waals surface area contributed by atoms with Gasteiger partial charge in [-0.15, -0.1) is 10.2 Å². The summed E-state index contributed by atoms with van der Waals surface area (Å²) in [5.41, 5.74) is 4.75. The lowest BCUT2D eigenvalue weighted by molar-refractivity contribution is 0.102. The van der Waals surface area contributed by atoms with Crippen molar-refractivity contribution >= 4 is 29.3 Å². The van der Waals surface area contributed by atoms with Crippen molar-refractivity contribution in [1.29, 1.82) is 0 Å². The molecule has 0 aromatic carbocycles. The Morgan fingerprint density at radius 2 is 1.94 bits per heavy atom. The Balaban J connectivity index is 1.62. The van der Waals surface area contributed by atoms with Gasteiger partial charge >= 0.3 is 5.69 Å². The molecule has 12 heteroatoms. The van der Waals surface area contributed by atoms with Crippen LogP contribution in [0, 0.1) is 5.92 Å². The first kappa shape index (κ1) is 23.9. The Morgan fingerprint density at radius 3 is 2.59 bits per heavy atom. The lowest BCUT2D eigenvalue weighted by Crippen LogP contribution is -2.43. The maximum atomic E-state index is 13.1. The molecule has 2 N–H and O–H groups in total. The molecule has 1 aliphatic rings. The fraction of sp³-hybridized carbons (Fsp3) is 0.500. The van der Waals surface area contributed by atoms with Crippen molar-refractivity contribution in [3.63, 3.8) is 0 Å². The van der Waals surface area contributed by atoms with Crippen LogP contribution in [0.15, 0.2) is 37.6 Å². The molecule has 0 unspecified atom stereocenters. The number of hydrogen-bond acceptors (Lipinski definition) is 9. The molecule has 3 aromatic rings. The highest BCUT2D eigenvalue weighted by Crippen LogP contribution is 2.26. The number of anilines is 2. The number of nitrogen functional groups attached to an aromatic ring is 1. The van der Waals surface area contributed by atoms with E-state index in [1.807, 2.05) is 30.5 Å². The van der Waals surface area contributed by atoms with E-state index in [9.17, 15) is 14.4 Å². The van der Waals surface area contributed by atoms with Gasteiger partial charge in [0.15, 0.2) is 10.9 Å². The molecule has 4 heterocycles. The highest BCUT2D eigenvalue weighted by molar-refractivity contribution is 7.99. The predicted octanol–water partition coefficient (Wildman–Crippen LogP) is 1.59. The van der Waals surface area contributed by atoms with Crippen LogP contribution in [0.3, 0.4) is 0 Å². The van der Waals surface area contributed by atoms with Crippen LogP contribution < -0.4 is 21.9 Å². The van der Waals surface area contributed by atoms with Gasteiger partial charge in [0.1, 0.15) is 17.1 Å². The summed E-state index contributed by atoms with van der Waals surface area (Å²) in [4.78, 5) is 40.6. The van der Waals surface area contributed by atoms with E-state index >= 15 is 0 Å². The fourth-order valence-electron chi connectivity index (χ4n) is 4.02. The molecule has 0 atom stereocenters. The molecule has 0 spiro atoms. The van der Waals surface area contributed by atoms with Gasteiger partial charge < -0.3 is 15.1 Å². The summed E-state index contributed by atoms with van der Waals surface area (Å²) in [6.45, 7) is 6.37. The molecule has 34 heavy (non-hydrogen) atoms. The molecule has 1 saturated heterocycles. The molecule has 1 aliphatic heterocycles. The summed E-state index contributed by atoms with van der Waals surface area (Å²) in [5, 5.41) is 9.22. The lowest BCUT2D eigenvalue weighted by atomic mass is 10.2. The van der Waals surface area contributed by atoms with Crippen LogP contribution in [-0.2, 0) is 20.1 Å². The van der Waals surface area contributed by atoms with Crippen molar-refractivity contribution in [2.75, 3.05) is 29.5 Å². The average Bonchev–Trinajstić information content (AvgIpc) is 3.56. The number of hydrogen-bond donors (Lipinski definition) is 1. The maximum absolute atomic E-state index is 13.1. The largest absolute Gasteiger partial charge is 0.467 e. The summed E-state index contributed by atoms with van der Waals surface area (Å²) in [6, 6.07) is 3.69. The number of furan rings is 1. The second kappa shape index (κ2) is 9.92. The van der Waals surface area contributed by atoms with E-state index in [0.29, 0.717) is 18.2 Å². The SMILES string of the molecule is CC(C)Cn1c(N)c(C(=O)CSc2nnc(N3CCCC3)n2Cc2ccco2)c(=O)n(C)c1=O. The molecular formula is C22H29N7O4S. The number of Topliss-reactive ketones (excluding diaryl/α,β-unsaturated/α-hetero) is 1. The van der Waals surface area contributed by atoms with Crippen LogP contribution in [0.25, 0.3) is 0 Å². The van der Waals surface area contributed by atoms with Gasteiger partial charge in [0.2, 0.25) is 5.95 Å². The van der Waals surface area contributed by atoms with E-state index < -0.39 is 17.0 Å². The molecule has 3 aromatic heterocycles. The Morgan fingerprint density at radius 1 is 1.21 bits per heavy atom. The number of carbonyl (C=O) groups is 1. The Bertz CT molecular complexity index is 1280. The van der Waals surface area contributed by atoms with Crippen LogP contribution in [-0.4, -0.2) is 48.5 Å². The number of nitrogens with two attached hydrogens (primary N) is 1. The molecule has 0 bridgehead atoms. The predicted molar refractivity (Wildman–Crippen MR) is 130 cm³/mol. The standard InChI is InChI=1S/C22H29N7O4S/c1-14(2)11-28-18(23)17(19(31)26(3)22(28)32)16(30)13-34-21-25-24-20(27-8-4-5-9-27)29(21)12-15-7-6-10-33-15/h6-7,10,14H,4-5,8-9,11-13,23H2,1-3H3. The molecular weight excluding hydrogens is 458 g/mol. The summed E-state index contributed by atoms with van der Waals surface area (Å²) in [6.07, 6.45) is 3.78. The molecule has 0 amide bonds. The number of thioether (sulfide) groups is 1. The van der Waals surface area contributed by atoms with Gasteiger partial charge in [-0.3, -0.25) is 23.3 Å². The summed E-state index contributed by atoms with van der Waals surface area (Å²) in [7, 11) is 1.35. The maximum Gasteiger partial charge on any atom is 0.332 e. The molecule has 1 fully saturated rings. The first-order valence-corrected chi connectivity index (χ1v) is 12.2. The van der Waals surface area contributed by atoms with Gasteiger partial charge in [0.05, 0.1) is 18.6 Å². The quantitative estimate of drug-likeness (QED) is 0.353. The van der Waals surface area contributed by atoms with Crippen molar-refractivity contribution in [1.82, 2.24) is 23.9 Å². The van der Waals surface area contributed by atoms with Gasteiger partial charge in [-0.2, -0.15) is 0 Å². The number of nitrogens with zero attached hydrogens (tertiary/aromatic N) is 6. The minimum Gasteiger partial charge on any atom is -0.467 e. The van der Waals surface area contributed by atoms with Crippen LogP contribution in [0.4, 0.5) is 11.8 Å². The first-order chi connectivity index (χ1) is 16.3. The van der Waals surface area contributed by atoms with Crippen LogP contribution in [0.2, 0.25) is 0 Å². The summed E-state index contributed by atoms with van der Waals surface area (Å²) >= 11 is 1.18. The number of carbonyl (C=O) groups excluding carboxylic acids is 1. The second-order valence-corrected chi connectivity index (χ2v) is 9.71. The fourth-order valence-corrected chi connectivity index (χ4v) is 4.83. The van der Waals surface area contributed by atoms with Crippen molar-refractivity contribution in [3.8, 4) is 0 Å². The summed E-state index contributed by atoms with van der Waals surface area (Å²) < 4.78 is 9.65. The van der Waals surface area contributed by atoms with E-state index in [1.165, 1.54) is 23.4 Å². The molecule has 182 valence electrons. The topological polar surface area (TPSA) is 134 Å². The number of ketones is 1. The first-order valence-electron chi connectivity index (χ1n) is 11.2. The normalized spacial score (nSPS) is 13.8. The number of aromatic nitrogens is 5. The third-order valence-corrected chi connectivity index (χ3v) is 6.69. The van der Waals surface area contributed by atoms with Crippen molar-refractivity contribution in [3.05, 3.63) is 50.6 Å². The lowest BCUT2D eigenvalue weighted by Gasteiger charge is -2.18. The third-order valence-electron chi connectivity index (χ3n) is 5.72. The molecule has 0 saturated carbocycles. The average molecular weight is 488 g/mol. The van der Waals surface area contributed by atoms with Crippen LogP contribution in [0.1, 0.15) is 42.8 Å². The van der Waals surface area contributed by atoms with E-state index in [0.717, 1.165) is 42.2 Å². The Hall–Kier alpha value is -3.28. The zero-order valence-corrected chi connectivity index (χ0v) is 20.4. The van der Waals surface area contributed by atoms with E-state index in [-0.39, 0.29) is 23.1 Å². The molecule has 0 radical (unpaired) electrons. The highest BCUT2D eigenvalue weighted by atomic mass is 32.2. The third kappa shape index (κ3) is 4.67. The van der Waals surface area contributed by atoms with Crippen LogP contribution >= 0.6 is 11.8 Å². The van der Waals surface area contributed by atoms with Crippen molar-refractivity contribution < 1.29 is 9.21 Å². The van der Waals surface area contributed by atoms with E-state index in [2.05, 4.69) is 15.1 Å². The van der Waals surface area contributed by atoms with Gasteiger partial charge in [0, 0.05) is 26.7 Å². The highest BCUT2D eigenvalue weighted by Gasteiger charge is 2.25. The van der Waals surface area contributed by atoms with Crippen molar-refractivity contribution in [2.45, 2.75) is 44.9 Å². The van der Waals surface area contributed by atoms with Crippen LogP contribution in [0.5, 0.6) is 0 Å². The van der Waals surface area contributed by atoms with Gasteiger partial charge in [-0.05, 0) is 30.9 Å². The van der Waals surface area contributed by atoms with Crippen molar-refractivity contribution in [2.24, 2.45) is 13.0 Å². The molecule has 0 aliphatic carbocycles. The van der Waals surface area contributed by atoms with E-state index in [1.54, 1.807) is 6.26 Å². The summed E-state index contributed by atoms with van der Waals surface area (Å²) in [5.74, 6) is 0.949. The zero-order valence-electron chi connectivity index (χ0n) is 19.6. The molecule has 4 rings (SSSR count). The Labute approximate surface area is 200 Å². The minimum absolute atomic E-state index is 0.0738. The minimum atomic E-state index is -0.692. The monoisotopic (exact) mass is 487 g/mol. The van der Waals surface area contributed by atoms with E-state index in [4.69, 9.17) is 10.2 Å². The Kier molecular flexibility index (Phi) is 6.96.